The number of aromatic nitrogens is 1. The van der Waals surface area contributed by atoms with Crippen molar-refractivity contribution in [2.24, 2.45) is 0 Å². The number of hydrogen-bond acceptors (Lipinski definition) is 3. The lowest BCUT2D eigenvalue weighted by Gasteiger charge is -2.16. The Kier molecular flexibility index (Phi) is 6.02. The molecule has 0 amide bonds. The zero-order valence-corrected chi connectivity index (χ0v) is 15.1. The quantitative estimate of drug-likeness (QED) is 0.588. The fraction of sp³-hybridized carbons (Fsp3) is 0.318. The molecule has 0 fully saturated rings. The van der Waals surface area contributed by atoms with Gasteiger partial charge in [0.25, 0.3) is 0 Å². The average Bonchev–Trinajstić information content (AvgIpc) is 2.65. The van der Waals surface area contributed by atoms with Gasteiger partial charge in [0.2, 0.25) is 0 Å². The van der Waals surface area contributed by atoms with E-state index in [9.17, 15) is 0 Å². The molecule has 3 heteroatoms. The normalized spacial score (nSPS) is 11.0. The van der Waals surface area contributed by atoms with Gasteiger partial charge >= 0.3 is 0 Å². The largest absolute Gasteiger partial charge is 0.493 e. The van der Waals surface area contributed by atoms with Crippen molar-refractivity contribution in [2.75, 3.05) is 6.61 Å². The van der Waals surface area contributed by atoms with Crippen molar-refractivity contribution in [1.82, 2.24) is 10.3 Å². The van der Waals surface area contributed by atoms with Crippen LogP contribution in [0.1, 0.15) is 36.6 Å². The Morgan fingerprint density at radius 3 is 2.52 bits per heavy atom. The van der Waals surface area contributed by atoms with Crippen molar-refractivity contribution in [3.8, 4) is 5.75 Å². The third-order valence-electron chi connectivity index (χ3n) is 4.39. The van der Waals surface area contributed by atoms with Gasteiger partial charge in [-0.2, -0.15) is 0 Å². The van der Waals surface area contributed by atoms with Gasteiger partial charge in [-0.15, -0.1) is 0 Å². The minimum atomic E-state index is 0.732. The fourth-order valence-corrected chi connectivity index (χ4v) is 2.92. The van der Waals surface area contributed by atoms with Gasteiger partial charge in [0, 0.05) is 24.0 Å². The van der Waals surface area contributed by atoms with E-state index < -0.39 is 0 Å². The van der Waals surface area contributed by atoms with E-state index in [1.165, 1.54) is 5.56 Å². The minimum absolute atomic E-state index is 0.732. The summed E-state index contributed by atoms with van der Waals surface area (Å²) in [7, 11) is 0. The zero-order chi connectivity index (χ0) is 17.5. The number of rotatable bonds is 8. The SMILES string of the molecule is CCCCOc1c(C)c(CNCc2ccccc2)nc2ccccc12. The van der Waals surface area contributed by atoms with Gasteiger partial charge in [-0.05, 0) is 31.0 Å². The molecule has 3 nitrogen and oxygen atoms in total. The molecule has 0 atom stereocenters. The molecule has 0 spiro atoms. The maximum atomic E-state index is 6.13. The predicted molar refractivity (Wildman–Crippen MR) is 104 cm³/mol. The van der Waals surface area contributed by atoms with E-state index in [4.69, 9.17) is 9.72 Å². The molecule has 130 valence electrons. The average molecular weight is 334 g/mol. The van der Waals surface area contributed by atoms with E-state index in [1.807, 2.05) is 18.2 Å². The van der Waals surface area contributed by atoms with E-state index in [0.717, 1.165) is 60.4 Å². The van der Waals surface area contributed by atoms with Crippen molar-refractivity contribution in [2.45, 2.75) is 39.8 Å². The van der Waals surface area contributed by atoms with Crippen LogP contribution in [-0.4, -0.2) is 11.6 Å². The second kappa shape index (κ2) is 8.63. The third kappa shape index (κ3) is 4.37. The van der Waals surface area contributed by atoms with Crippen molar-refractivity contribution < 1.29 is 4.74 Å². The molecule has 0 saturated carbocycles. The Balaban J connectivity index is 1.80. The Morgan fingerprint density at radius 1 is 0.960 bits per heavy atom. The molecule has 0 saturated heterocycles. The predicted octanol–water partition coefficient (Wildman–Crippen LogP) is 5.01. The molecule has 25 heavy (non-hydrogen) atoms. The summed E-state index contributed by atoms with van der Waals surface area (Å²) < 4.78 is 6.13. The van der Waals surface area contributed by atoms with Crippen LogP contribution in [0.4, 0.5) is 0 Å². The van der Waals surface area contributed by atoms with Crippen LogP contribution in [0.5, 0.6) is 5.75 Å². The molecule has 3 rings (SSSR count). The smallest absolute Gasteiger partial charge is 0.133 e. The first kappa shape index (κ1) is 17.4. The van der Waals surface area contributed by atoms with Gasteiger partial charge in [0.15, 0.2) is 0 Å². The van der Waals surface area contributed by atoms with Crippen LogP contribution in [0.2, 0.25) is 0 Å². The molecule has 2 aromatic carbocycles. The molecule has 0 aliphatic rings. The van der Waals surface area contributed by atoms with E-state index in [-0.39, 0.29) is 0 Å². The second-order valence-corrected chi connectivity index (χ2v) is 6.32. The summed E-state index contributed by atoms with van der Waals surface area (Å²) in [6.45, 7) is 6.61. The summed E-state index contributed by atoms with van der Waals surface area (Å²) in [5.74, 6) is 0.982. The maximum Gasteiger partial charge on any atom is 0.133 e. The van der Waals surface area contributed by atoms with Crippen molar-refractivity contribution in [1.29, 1.82) is 0 Å². The van der Waals surface area contributed by atoms with Crippen molar-refractivity contribution >= 4 is 10.9 Å². The monoisotopic (exact) mass is 334 g/mol. The summed E-state index contributed by atoms with van der Waals surface area (Å²) in [5.41, 5.74) is 4.47. The number of fused-ring (bicyclic) bond motifs is 1. The Hall–Kier alpha value is -2.39. The van der Waals surface area contributed by atoms with Gasteiger partial charge < -0.3 is 10.1 Å². The molecule has 1 N–H and O–H groups in total. The summed E-state index contributed by atoms with van der Waals surface area (Å²) in [6, 6.07) is 18.7. The van der Waals surface area contributed by atoms with Gasteiger partial charge in [0.05, 0.1) is 17.8 Å². The highest BCUT2D eigenvalue weighted by atomic mass is 16.5. The molecule has 0 bridgehead atoms. The topological polar surface area (TPSA) is 34.1 Å². The number of hydrogen-bond donors (Lipinski definition) is 1. The van der Waals surface area contributed by atoms with Crippen LogP contribution in [0, 0.1) is 6.92 Å². The van der Waals surface area contributed by atoms with Crippen molar-refractivity contribution in [3.05, 3.63) is 71.4 Å². The molecule has 0 radical (unpaired) electrons. The van der Waals surface area contributed by atoms with E-state index in [2.05, 4.69) is 55.6 Å². The number of pyridine rings is 1. The minimum Gasteiger partial charge on any atom is -0.493 e. The molecule has 0 aliphatic heterocycles. The molecular formula is C22H26N2O. The van der Waals surface area contributed by atoms with Gasteiger partial charge in [-0.3, -0.25) is 4.98 Å². The molecule has 0 unspecified atom stereocenters. The fourth-order valence-electron chi connectivity index (χ4n) is 2.92. The lowest BCUT2D eigenvalue weighted by molar-refractivity contribution is 0.310. The number of nitrogens with zero attached hydrogens (tertiary/aromatic N) is 1. The highest BCUT2D eigenvalue weighted by Gasteiger charge is 2.12. The summed E-state index contributed by atoms with van der Waals surface area (Å²) in [4.78, 5) is 4.85. The standard InChI is InChI=1S/C22H26N2O/c1-3-4-14-25-22-17(2)21(24-20-13-9-8-12-19(20)22)16-23-15-18-10-6-5-7-11-18/h5-13,23H,3-4,14-16H2,1-2H3. The Labute approximate surface area is 150 Å². The molecule has 0 aliphatic carbocycles. The highest BCUT2D eigenvalue weighted by Crippen LogP contribution is 2.30. The zero-order valence-electron chi connectivity index (χ0n) is 15.1. The summed E-state index contributed by atoms with van der Waals surface area (Å²) in [5, 5.41) is 4.60. The third-order valence-corrected chi connectivity index (χ3v) is 4.39. The first-order chi connectivity index (χ1) is 12.3. The lowest BCUT2D eigenvalue weighted by atomic mass is 10.1. The Bertz CT molecular complexity index is 815. The summed E-state index contributed by atoms with van der Waals surface area (Å²) >= 11 is 0. The molecule has 1 aromatic heterocycles. The van der Waals surface area contributed by atoms with Gasteiger partial charge in [-0.1, -0.05) is 55.8 Å². The maximum absolute atomic E-state index is 6.13. The van der Waals surface area contributed by atoms with Crippen molar-refractivity contribution in [3.63, 3.8) is 0 Å². The number of para-hydroxylation sites is 1. The molecule has 1 heterocycles. The number of ether oxygens (including phenoxy) is 1. The summed E-state index contributed by atoms with van der Waals surface area (Å²) in [6.07, 6.45) is 2.20. The van der Waals surface area contributed by atoms with Crippen LogP contribution in [0.15, 0.2) is 54.6 Å². The van der Waals surface area contributed by atoms with E-state index >= 15 is 0 Å². The van der Waals surface area contributed by atoms with Crippen LogP contribution in [0.3, 0.4) is 0 Å². The number of nitrogens with one attached hydrogen (secondary N) is 1. The van der Waals surface area contributed by atoms with Gasteiger partial charge in [0.1, 0.15) is 5.75 Å². The van der Waals surface area contributed by atoms with Crippen LogP contribution in [0.25, 0.3) is 10.9 Å². The first-order valence-corrected chi connectivity index (χ1v) is 9.05. The first-order valence-electron chi connectivity index (χ1n) is 9.05. The number of unbranched alkanes of at least 4 members (excludes halogenated alkanes) is 1. The van der Waals surface area contributed by atoms with Gasteiger partial charge in [-0.25, -0.2) is 0 Å². The highest BCUT2D eigenvalue weighted by molar-refractivity contribution is 5.86. The van der Waals surface area contributed by atoms with E-state index in [0.29, 0.717) is 0 Å². The second-order valence-electron chi connectivity index (χ2n) is 6.32. The van der Waals surface area contributed by atoms with Crippen LogP contribution >= 0.6 is 0 Å². The van der Waals surface area contributed by atoms with Crippen LogP contribution < -0.4 is 10.1 Å². The number of benzene rings is 2. The lowest BCUT2D eigenvalue weighted by Crippen LogP contribution is -2.15. The molecule has 3 aromatic rings. The van der Waals surface area contributed by atoms with Crippen LogP contribution in [-0.2, 0) is 13.1 Å². The van der Waals surface area contributed by atoms with E-state index in [1.54, 1.807) is 0 Å². The molecular weight excluding hydrogens is 308 g/mol. The Morgan fingerprint density at radius 2 is 1.72 bits per heavy atom.